The average molecular weight is 393 g/mol. The number of nitrogens with zero attached hydrogens (tertiary/aromatic N) is 1. The lowest BCUT2D eigenvalue weighted by Crippen LogP contribution is -2.46. The second kappa shape index (κ2) is 9.64. The van der Waals surface area contributed by atoms with Crippen molar-refractivity contribution in [1.82, 2.24) is 10.6 Å². The normalized spacial score (nSPS) is 15.4. The van der Waals surface area contributed by atoms with Crippen LogP contribution >= 0.6 is 0 Å². The molecule has 0 aromatic heterocycles. The first-order valence-corrected chi connectivity index (χ1v) is 9.49. The third-order valence-corrected chi connectivity index (χ3v) is 4.77. The van der Waals surface area contributed by atoms with E-state index in [1.165, 1.54) is 0 Å². The van der Waals surface area contributed by atoms with Gasteiger partial charge in [0.05, 0.1) is 12.2 Å². The van der Waals surface area contributed by atoms with Gasteiger partial charge in [-0.2, -0.15) is 0 Å². The summed E-state index contributed by atoms with van der Waals surface area (Å²) < 4.78 is 0. The lowest BCUT2D eigenvalue weighted by Gasteiger charge is -2.15. The van der Waals surface area contributed by atoms with Gasteiger partial charge in [-0.05, 0) is 23.6 Å². The van der Waals surface area contributed by atoms with Crippen LogP contribution in [0.3, 0.4) is 0 Å². The number of hydrogen-bond donors (Lipinski definition) is 3. The molecule has 0 saturated heterocycles. The first-order chi connectivity index (χ1) is 14.0. The SMILES string of the molecule is O=C(CCC1C=Nc2ccccc21)NCC(=O)N[C@@H](Cc1ccccc1)C(=O)O. The van der Waals surface area contributed by atoms with Gasteiger partial charge in [0.1, 0.15) is 6.04 Å². The van der Waals surface area contributed by atoms with E-state index in [9.17, 15) is 19.5 Å². The van der Waals surface area contributed by atoms with Gasteiger partial charge in [-0.15, -0.1) is 0 Å². The fourth-order valence-corrected chi connectivity index (χ4v) is 3.25. The van der Waals surface area contributed by atoms with Gasteiger partial charge in [0, 0.05) is 25.0 Å². The highest BCUT2D eigenvalue weighted by Crippen LogP contribution is 2.34. The predicted molar refractivity (Wildman–Crippen MR) is 109 cm³/mol. The highest BCUT2D eigenvalue weighted by molar-refractivity contribution is 5.88. The van der Waals surface area contributed by atoms with Gasteiger partial charge in [0.2, 0.25) is 11.8 Å². The Morgan fingerprint density at radius 2 is 1.72 bits per heavy atom. The number of carbonyl (C=O) groups excluding carboxylic acids is 2. The van der Waals surface area contributed by atoms with Crippen LogP contribution in [0.2, 0.25) is 0 Å². The number of carboxylic acids is 1. The summed E-state index contributed by atoms with van der Waals surface area (Å²) in [5.74, 6) is -1.82. The number of fused-ring (bicyclic) bond motifs is 1. The largest absolute Gasteiger partial charge is 0.480 e. The maximum absolute atomic E-state index is 12.1. The molecule has 0 radical (unpaired) electrons. The highest BCUT2D eigenvalue weighted by Gasteiger charge is 2.21. The van der Waals surface area contributed by atoms with Gasteiger partial charge in [-0.25, -0.2) is 4.79 Å². The van der Waals surface area contributed by atoms with Crippen LogP contribution in [0, 0.1) is 0 Å². The number of aliphatic carboxylic acids is 1. The van der Waals surface area contributed by atoms with Crippen LogP contribution in [0.1, 0.15) is 29.9 Å². The van der Waals surface area contributed by atoms with E-state index in [0.717, 1.165) is 16.8 Å². The molecule has 2 aromatic carbocycles. The van der Waals surface area contributed by atoms with Gasteiger partial charge in [0.25, 0.3) is 0 Å². The van der Waals surface area contributed by atoms with Crippen molar-refractivity contribution in [2.24, 2.45) is 4.99 Å². The molecular formula is C22H23N3O4. The summed E-state index contributed by atoms with van der Waals surface area (Å²) in [5.41, 5.74) is 2.83. The van der Waals surface area contributed by atoms with E-state index in [1.807, 2.05) is 48.7 Å². The van der Waals surface area contributed by atoms with E-state index in [2.05, 4.69) is 15.6 Å². The second-order valence-corrected chi connectivity index (χ2v) is 6.91. The zero-order valence-electron chi connectivity index (χ0n) is 15.9. The summed E-state index contributed by atoms with van der Waals surface area (Å²) in [6.45, 7) is -0.257. The monoisotopic (exact) mass is 393 g/mol. The third kappa shape index (κ3) is 5.75. The number of carbonyl (C=O) groups is 3. The van der Waals surface area contributed by atoms with Crippen molar-refractivity contribution in [3.05, 3.63) is 65.7 Å². The Hall–Kier alpha value is -3.48. The molecule has 2 atom stereocenters. The lowest BCUT2D eigenvalue weighted by atomic mass is 9.96. The quantitative estimate of drug-likeness (QED) is 0.607. The molecule has 0 saturated carbocycles. The number of amides is 2. The molecule has 7 heteroatoms. The molecule has 1 aliphatic heterocycles. The Balaban J connectivity index is 1.42. The summed E-state index contributed by atoms with van der Waals surface area (Å²) in [4.78, 5) is 39.9. The fraction of sp³-hybridized carbons (Fsp3) is 0.273. The van der Waals surface area contributed by atoms with Gasteiger partial charge in [-0.1, -0.05) is 48.5 Å². The summed E-state index contributed by atoms with van der Waals surface area (Å²) in [7, 11) is 0. The number of aliphatic imine (C=N–C) groups is 1. The fourth-order valence-electron chi connectivity index (χ4n) is 3.25. The van der Waals surface area contributed by atoms with E-state index in [-0.39, 0.29) is 31.2 Å². The van der Waals surface area contributed by atoms with Gasteiger partial charge in [-0.3, -0.25) is 14.6 Å². The molecular weight excluding hydrogens is 370 g/mol. The van der Waals surface area contributed by atoms with E-state index >= 15 is 0 Å². The van der Waals surface area contributed by atoms with Crippen molar-refractivity contribution in [3.63, 3.8) is 0 Å². The Labute approximate surface area is 168 Å². The molecule has 0 bridgehead atoms. The zero-order valence-corrected chi connectivity index (χ0v) is 15.9. The molecule has 1 aliphatic rings. The minimum Gasteiger partial charge on any atom is -0.480 e. The van der Waals surface area contributed by atoms with Crippen LogP contribution in [0.5, 0.6) is 0 Å². The van der Waals surface area contributed by atoms with E-state index in [4.69, 9.17) is 0 Å². The molecule has 0 fully saturated rings. The topological polar surface area (TPSA) is 108 Å². The summed E-state index contributed by atoms with van der Waals surface area (Å²) >= 11 is 0. The molecule has 29 heavy (non-hydrogen) atoms. The number of benzene rings is 2. The van der Waals surface area contributed by atoms with Crippen molar-refractivity contribution in [2.45, 2.75) is 31.2 Å². The molecule has 7 nitrogen and oxygen atoms in total. The van der Waals surface area contributed by atoms with Gasteiger partial charge >= 0.3 is 5.97 Å². The summed E-state index contributed by atoms with van der Waals surface area (Å²) in [6, 6.07) is 15.8. The van der Waals surface area contributed by atoms with E-state index < -0.39 is 17.9 Å². The van der Waals surface area contributed by atoms with Crippen molar-refractivity contribution in [1.29, 1.82) is 0 Å². The number of para-hydroxylation sites is 1. The summed E-state index contributed by atoms with van der Waals surface area (Å²) in [6.07, 6.45) is 2.87. The average Bonchev–Trinajstić information content (AvgIpc) is 3.14. The zero-order chi connectivity index (χ0) is 20.6. The second-order valence-electron chi connectivity index (χ2n) is 6.91. The molecule has 2 amide bonds. The van der Waals surface area contributed by atoms with E-state index in [1.54, 1.807) is 12.1 Å². The Morgan fingerprint density at radius 3 is 2.48 bits per heavy atom. The number of nitrogens with one attached hydrogen (secondary N) is 2. The van der Waals surface area contributed by atoms with Crippen LogP contribution in [0.15, 0.2) is 59.6 Å². The van der Waals surface area contributed by atoms with Crippen LogP contribution in [-0.2, 0) is 20.8 Å². The molecule has 1 unspecified atom stereocenters. The van der Waals surface area contributed by atoms with Crippen LogP contribution < -0.4 is 10.6 Å². The third-order valence-electron chi connectivity index (χ3n) is 4.77. The first-order valence-electron chi connectivity index (χ1n) is 9.49. The van der Waals surface area contributed by atoms with Gasteiger partial charge in [0.15, 0.2) is 0 Å². The number of hydrogen-bond acceptors (Lipinski definition) is 4. The molecule has 2 aromatic rings. The standard InChI is InChI=1S/C22H23N3O4/c26-20(11-10-16-13-23-18-9-5-4-8-17(16)18)24-14-21(27)25-19(22(28)29)12-15-6-2-1-3-7-15/h1-9,13,16,19H,10-12,14H2,(H,24,26)(H,25,27)(H,28,29)/t16?,19-/m0/s1. The highest BCUT2D eigenvalue weighted by atomic mass is 16.4. The number of rotatable bonds is 9. The molecule has 3 N–H and O–H groups in total. The minimum absolute atomic E-state index is 0.0908. The first kappa shape index (κ1) is 20.3. The smallest absolute Gasteiger partial charge is 0.326 e. The Kier molecular flexibility index (Phi) is 6.73. The van der Waals surface area contributed by atoms with Crippen LogP contribution in [0.25, 0.3) is 0 Å². The predicted octanol–water partition coefficient (Wildman–Crippen LogP) is 2.19. The van der Waals surface area contributed by atoms with Crippen molar-refractivity contribution in [2.75, 3.05) is 6.54 Å². The maximum Gasteiger partial charge on any atom is 0.326 e. The Bertz CT molecular complexity index is 911. The van der Waals surface area contributed by atoms with Crippen molar-refractivity contribution in [3.8, 4) is 0 Å². The molecule has 0 aliphatic carbocycles. The molecule has 150 valence electrons. The van der Waals surface area contributed by atoms with Gasteiger partial charge < -0.3 is 15.7 Å². The lowest BCUT2D eigenvalue weighted by molar-refractivity contribution is -0.141. The molecule has 3 rings (SSSR count). The molecule has 1 heterocycles. The minimum atomic E-state index is -1.12. The Morgan fingerprint density at radius 1 is 1.00 bits per heavy atom. The maximum atomic E-state index is 12.1. The van der Waals surface area contributed by atoms with Crippen molar-refractivity contribution >= 4 is 29.7 Å². The van der Waals surface area contributed by atoms with E-state index in [0.29, 0.717) is 6.42 Å². The van der Waals surface area contributed by atoms with Crippen LogP contribution in [-0.4, -0.2) is 41.7 Å². The van der Waals surface area contributed by atoms with Crippen molar-refractivity contribution < 1.29 is 19.5 Å². The molecule has 0 spiro atoms. The van der Waals surface area contributed by atoms with Crippen LogP contribution in [0.4, 0.5) is 5.69 Å². The summed E-state index contributed by atoms with van der Waals surface area (Å²) in [5, 5.41) is 14.3. The number of carboxylic acid groups (broad SMARTS) is 1.